The minimum Gasteiger partial charge on any atom is -0.444 e. The molecule has 3 rings (SSSR count). The first-order valence-corrected chi connectivity index (χ1v) is 5.60. The third-order valence-electron chi connectivity index (χ3n) is 3.01. The maximum Gasteiger partial charge on any atom is 1.00 e. The van der Waals surface area contributed by atoms with Crippen LogP contribution in [0.2, 0.25) is 0 Å². The van der Waals surface area contributed by atoms with Gasteiger partial charge in [0.2, 0.25) is 0 Å². The summed E-state index contributed by atoms with van der Waals surface area (Å²) in [7, 11) is 0. The first kappa shape index (κ1) is 16.2. The quantitative estimate of drug-likeness (QED) is 0.155. The second-order valence-corrected chi connectivity index (χ2v) is 3.99. The molecule has 0 saturated carbocycles. The van der Waals surface area contributed by atoms with Crippen molar-refractivity contribution in [3.63, 3.8) is 0 Å². The van der Waals surface area contributed by atoms with Gasteiger partial charge in [-0.1, -0.05) is 48.5 Å². The molecule has 0 fully saturated rings. The molecule has 0 aliphatic heterocycles. The standard InChI is InChI=1S/C14H12N2.HNO2.Na/c15-13-11-7-3-1-5-9(11)10-6-2-4-8-12(10)14(13)16;2-1-3;/h1-8H,15-16H2;(H,2,3);/q;;+1/p-1. The van der Waals surface area contributed by atoms with Gasteiger partial charge in [0.25, 0.3) is 0 Å². The molecule has 0 aliphatic carbocycles. The first-order valence-electron chi connectivity index (χ1n) is 5.60. The fourth-order valence-electron chi connectivity index (χ4n) is 2.20. The molecule has 0 aliphatic rings. The van der Waals surface area contributed by atoms with Crippen LogP contribution in [0.3, 0.4) is 0 Å². The number of nitrogens with two attached hydrogens (primary N) is 2. The molecule has 3 aromatic rings. The molecule has 0 bridgehead atoms. The van der Waals surface area contributed by atoms with Gasteiger partial charge < -0.3 is 21.6 Å². The van der Waals surface area contributed by atoms with E-state index >= 15 is 0 Å². The van der Waals surface area contributed by atoms with Crippen LogP contribution in [0.5, 0.6) is 0 Å². The maximum atomic E-state index is 8.00. The molecule has 0 spiro atoms. The number of nitrogens with zero attached hydrogens (tertiary/aromatic N) is 1. The predicted molar refractivity (Wildman–Crippen MR) is 79.4 cm³/mol. The topological polar surface area (TPSA) is 105 Å². The van der Waals surface area contributed by atoms with Crippen LogP contribution in [0.25, 0.3) is 21.5 Å². The zero-order valence-electron chi connectivity index (χ0n) is 11.0. The summed E-state index contributed by atoms with van der Waals surface area (Å²) in [6.07, 6.45) is 0. The zero-order chi connectivity index (χ0) is 13.8. The molecular formula is C14H12N3NaO2. The number of benzene rings is 3. The molecule has 0 atom stereocenters. The van der Waals surface area contributed by atoms with Crippen molar-refractivity contribution in [2.24, 2.45) is 5.34 Å². The second kappa shape index (κ2) is 7.09. The monoisotopic (exact) mass is 277 g/mol. The summed E-state index contributed by atoms with van der Waals surface area (Å²) in [6.45, 7) is 0. The molecule has 96 valence electrons. The van der Waals surface area contributed by atoms with Crippen LogP contribution in [0, 0.1) is 10.1 Å². The van der Waals surface area contributed by atoms with Crippen molar-refractivity contribution in [2.45, 2.75) is 0 Å². The number of hydrogen-bond acceptors (Lipinski definition) is 5. The molecule has 0 aromatic heterocycles. The Morgan fingerprint density at radius 1 is 0.750 bits per heavy atom. The van der Waals surface area contributed by atoms with Gasteiger partial charge in [0.15, 0.2) is 0 Å². The van der Waals surface area contributed by atoms with Crippen molar-refractivity contribution in [3.8, 4) is 0 Å². The van der Waals surface area contributed by atoms with Crippen molar-refractivity contribution in [1.29, 1.82) is 0 Å². The van der Waals surface area contributed by atoms with E-state index in [0.29, 0.717) is 11.4 Å². The fraction of sp³-hybridized carbons (Fsp3) is 0. The van der Waals surface area contributed by atoms with Crippen molar-refractivity contribution in [2.75, 3.05) is 11.5 Å². The molecule has 0 unspecified atom stereocenters. The third kappa shape index (κ3) is 2.85. The molecule has 0 saturated heterocycles. The van der Waals surface area contributed by atoms with Gasteiger partial charge in [-0.25, -0.2) is 0 Å². The van der Waals surface area contributed by atoms with Crippen molar-refractivity contribution in [3.05, 3.63) is 58.6 Å². The van der Waals surface area contributed by atoms with E-state index < -0.39 is 0 Å². The van der Waals surface area contributed by atoms with Gasteiger partial charge in [-0.2, -0.15) is 0 Å². The minimum absolute atomic E-state index is 0. The van der Waals surface area contributed by atoms with Gasteiger partial charge in [0.1, 0.15) is 0 Å². The summed E-state index contributed by atoms with van der Waals surface area (Å²) in [4.78, 5) is 8.00. The average molecular weight is 277 g/mol. The summed E-state index contributed by atoms with van der Waals surface area (Å²) in [6, 6.07) is 16.2. The number of fused-ring (bicyclic) bond motifs is 3. The number of rotatable bonds is 0. The largest absolute Gasteiger partial charge is 1.00 e. The average Bonchev–Trinajstić information content (AvgIpc) is 2.46. The van der Waals surface area contributed by atoms with E-state index in [-0.39, 0.29) is 29.6 Å². The van der Waals surface area contributed by atoms with E-state index in [4.69, 9.17) is 21.6 Å². The van der Waals surface area contributed by atoms with Crippen molar-refractivity contribution < 1.29 is 29.6 Å². The SMILES string of the molecule is Nc1c(N)c2ccccc2c2ccccc12.O=N[O-].[Na+]. The van der Waals surface area contributed by atoms with Gasteiger partial charge in [0, 0.05) is 10.8 Å². The van der Waals surface area contributed by atoms with Crippen LogP contribution < -0.4 is 41.0 Å². The Kier molecular flexibility index (Phi) is 5.76. The Balaban J connectivity index is 0.000000462. The van der Waals surface area contributed by atoms with Gasteiger partial charge in [-0.05, 0) is 10.8 Å². The summed E-state index contributed by atoms with van der Waals surface area (Å²) in [5, 5.41) is 13.4. The number of nitrogen functional groups attached to an aromatic ring is 2. The van der Waals surface area contributed by atoms with E-state index in [0.717, 1.165) is 26.9 Å². The van der Waals surface area contributed by atoms with Crippen molar-refractivity contribution in [1.82, 2.24) is 0 Å². The zero-order valence-corrected chi connectivity index (χ0v) is 13.0. The molecule has 4 N–H and O–H groups in total. The van der Waals surface area contributed by atoms with Crippen LogP contribution in [0.4, 0.5) is 11.4 Å². The van der Waals surface area contributed by atoms with Gasteiger partial charge in [-0.3, -0.25) is 0 Å². The van der Waals surface area contributed by atoms with E-state index in [1.807, 2.05) is 36.4 Å². The minimum atomic E-state index is 0. The van der Waals surface area contributed by atoms with E-state index in [9.17, 15) is 0 Å². The normalized spacial score (nSPS) is 9.40. The third-order valence-corrected chi connectivity index (χ3v) is 3.01. The smallest absolute Gasteiger partial charge is 0.444 e. The van der Waals surface area contributed by atoms with Gasteiger partial charge in [0.05, 0.1) is 11.4 Å². The summed E-state index contributed by atoms with van der Waals surface area (Å²) < 4.78 is 0. The second-order valence-electron chi connectivity index (χ2n) is 3.99. The molecule has 6 heteroatoms. The fourth-order valence-corrected chi connectivity index (χ4v) is 2.20. The molecule has 3 aromatic carbocycles. The Labute approximate surface area is 137 Å². The Bertz CT molecular complexity index is 686. The van der Waals surface area contributed by atoms with Crippen LogP contribution in [0.15, 0.2) is 53.9 Å². The predicted octanol–water partition coefficient (Wildman–Crippen LogP) is 0.412. The van der Waals surface area contributed by atoms with Crippen LogP contribution in [-0.2, 0) is 0 Å². The summed E-state index contributed by atoms with van der Waals surface area (Å²) >= 11 is 0. The van der Waals surface area contributed by atoms with E-state index in [1.54, 1.807) is 0 Å². The maximum absolute atomic E-state index is 8.00. The summed E-state index contributed by atoms with van der Waals surface area (Å²) in [5.41, 5.74) is 13.5. The van der Waals surface area contributed by atoms with Crippen LogP contribution >= 0.6 is 0 Å². The summed E-state index contributed by atoms with van der Waals surface area (Å²) in [5.74, 6) is 0. The molecular weight excluding hydrogens is 265 g/mol. The Morgan fingerprint density at radius 2 is 1.00 bits per heavy atom. The van der Waals surface area contributed by atoms with Gasteiger partial charge in [-0.15, -0.1) is 5.34 Å². The Morgan fingerprint density at radius 3 is 1.30 bits per heavy atom. The molecule has 5 nitrogen and oxygen atoms in total. The van der Waals surface area contributed by atoms with E-state index in [1.165, 1.54) is 0 Å². The van der Waals surface area contributed by atoms with E-state index in [2.05, 4.69) is 12.1 Å². The molecule has 20 heavy (non-hydrogen) atoms. The molecule has 0 radical (unpaired) electrons. The molecule has 0 heterocycles. The van der Waals surface area contributed by atoms with Gasteiger partial charge >= 0.3 is 29.6 Å². The number of hydrogen-bond donors (Lipinski definition) is 2. The van der Waals surface area contributed by atoms with Crippen LogP contribution in [-0.4, -0.2) is 0 Å². The van der Waals surface area contributed by atoms with Crippen LogP contribution in [0.1, 0.15) is 0 Å². The first-order chi connectivity index (χ1) is 9.20. The van der Waals surface area contributed by atoms with Crippen molar-refractivity contribution >= 4 is 32.9 Å². The Hall–Kier alpha value is -1.82. The number of anilines is 2. The molecule has 0 amide bonds.